The van der Waals surface area contributed by atoms with Crippen molar-refractivity contribution in [1.82, 2.24) is 0 Å². The molecular weight excluding hydrogens is 150 g/mol. The molecule has 1 saturated heterocycles. The molecule has 2 heteroatoms. The second-order valence-electron chi connectivity index (χ2n) is 4.73. The number of nitrogens with two attached hydrogens (primary N) is 1. The van der Waals surface area contributed by atoms with Crippen LogP contribution < -0.4 is 5.73 Å². The second kappa shape index (κ2) is 2.71. The van der Waals surface area contributed by atoms with Crippen molar-refractivity contribution in [3.8, 4) is 0 Å². The summed E-state index contributed by atoms with van der Waals surface area (Å²) in [5.41, 5.74) is 6.81. The fraction of sp³-hybridized carbons (Fsp3) is 1.00. The molecule has 1 saturated carbocycles. The van der Waals surface area contributed by atoms with Gasteiger partial charge in [-0.2, -0.15) is 0 Å². The maximum Gasteiger partial charge on any atom is 0.0544 e. The molecular formula is C10H19NO. The van der Waals surface area contributed by atoms with E-state index in [0.29, 0.717) is 10.8 Å². The first-order chi connectivity index (χ1) is 5.74. The van der Waals surface area contributed by atoms with E-state index in [1.54, 1.807) is 0 Å². The third-order valence-corrected chi connectivity index (χ3v) is 3.71. The molecule has 0 atom stereocenters. The monoisotopic (exact) mass is 169 g/mol. The Morgan fingerprint density at radius 3 is 2.17 bits per heavy atom. The van der Waals surface area contributed by atoms with Crippen LogP contribution in [0.3, 0.4) is 0 Å². The van der Waals surface area contributed by atoms with Gasteiger partial charge in [-0.3, -0.25) is 0 Å². The molecule has 2 nitrogen and oxygen atoms in total. The summed E-state index contributed by atoms with van der Waals surface area (Å²) in [4.78, 5) is 0. The van der Waals surface area contributed by atoms with Crippen LogP contribution in [0.5, 0.6) is 0 Å². The molecule has 1 heterocycles. The molecule has 0 spiro atoms. The Kier molecular flexibility index (Phi) is 1.92. The first-order valence-electron chi connectivity index (χ1n) is 5.02. The van der Waals surface area contributed by atoms with E-state index >= 15 is 0 Å². The molecule has 0 bridgehead atoms. The maximum absolute atomic E-state index is 5.77. The van der Waals surface area contributed by atoms with Gasteiger partial charge < -0.3 is 10.5 Å². The van der Waals surface area contributed by atoms with E-state index in [0.717, 1.165) is 19.8 Å². The van der Waals surface area contributed by atoms with Crippen molar-refractivity contribution in [2.45, 2.75) is 32.6 Å². The van der Waals surface area contributed by atoms with Gasteiger partial charge in [0.05, 0.1) is 13.2 Å². The minimum Gasteiger partial charge on any atom is -0.380 e. The van der Waals surface area contributed by atoms with Gasteiger partial charge in [0.15, 0.2) is 0 Å². The van der Waals surface area contributed by atoms with Gasteiger partial charge in [-0.05, 0) is 37.6 Å². The molecule has 0 amide bonds. The van der Waals surface area contributed by atoms with Crippen LogP contribution in [0, 0.1) is 10.8 Å². The molecule has 0 radical (unpaired) electrons. The molecule has 70 valence electrons. The second-order valence-corrected chi connectivity index (χ2v) is 4.73. The van der Waals surface area contributed by atoms with Gasteiger partial charge >= 0.3 is 0 Å². The highest BCUT2D eigenvalue weighted by Gasteiger charge is 2.50. The molecule has 1 aliphatic heterocycles. The van der Waals surface area contributed by atoms with E-state index in [1.807, 2.05) is 0 Å². The van der Waals surface area contributed by atoms with Crippen LogP contribution in [0.25, 0.3) is 0 Å². The molecule has 2 fully saturated rings. The summed E-state index contributed by atoms with van der Waals surface area (Å²) < 4.78 is 5.31. The SMILES string of the molecule is CCC1(CC2(CN)CC2)COC1. The Morgan fingerprint density at radius 1 is 1.25 bits per heavy atom. The third-order valence-electron chi connectivity index (χ3n) is 3.71. The highest BCUT2D eigenvalue weighted by molar-refractivity contribution is 5.01. The highest BCUT2D eigenvalue weighted by Crippen LogP contribution is 2.55. The van der Waals surface area contributed by atoms with Gasteiger partial charge in [0.25, 0.3) is 0 Å². The lowest BCUT2D eigenvalue weighted by Gasteiger charge is -2.43. The Morgan fingerprint density at radius 2 is 1.92 bits per heavy atom. The Bertz CT molecular complexity index is 165. The van der Waals surface area contributed by atoms with Crippen molar-refractivity contribution < 1.29 is 4.74 Å². The van der Waals surface area contributed by atoms with E-state index in [-0.39, 0.29) is 0 Å². The van der Waals surface area contributed by atoms with E-state index in [9.17, 15) is 0 Å². The van der Waals surface area contributed by atoms with Crippen molar-refractivity contribution in [1.29, 1.82) is 0 Å². The summed E-state index contributed by atoms with van der Waals surface area (Å²) >= 11 is 0. The third kappa shape index (κ3) is 1.27. The Hall–Kier alpha value is -0.0800. The van der Waals surface area contributed by atoms with E-state index in [4.69, 9.17) is 10.5 Å². The zero-order chi connectivity index (χ0) is 8.66. The van der Waals surface area contributed by atoms with Gasteiger partial charge in [0.1, 0.15) is 0 Å². The van der Waals surface area contributed by atoms with Crippen LogP contribution in [0.1, 0.15) is 32.6 Å². The van der Waals surface area contributed by atoms with Gasteiger partial charge in [-0.15, -0.1) is 0 Å². The number of ether oxygens (including phenoxy) is 1. The summed E-state index contributed by atoms with van der Waals surface area (Å²) in [5.74, 6) is 0. The zero-order valence-electron chi connectivity index (χ0n) is 7.94. The lowest BCUT2D eigenvalue weighted by atomic mass is 9.74. The van der Waals surface area contributed by atoms with Crippen molar-refractivity contribution >= 4 is 0 Å². The number of hydrogen-bond acceptors (Lipinski definition) is 2. The molecule has 0 aromatic heterocycles. The molecule has 2 rings (SSSR count). The standard InChI is InChI=1S/C10H19NO/c1-2-9(7-12-8-9)5-10(6-11)3-4-10/h2-8,11H2,1H3. The molecule has 0 aromatic rings. The molecule has 2 aliphatic rings. The van der Waals surface area contributed by atoms with Crippen molar-refractivity contribution in [3.05, 3.63) is 0 Å². The molecule has 12 heavy (non-hydrogen) atoms. The lowest BCUT2D eigenvalue weighted by molar-refractivity contribution is -0.128. The van der Waals surface area contributed by atoms with Crippen LogP contribution in [0.4, 0.5) is 0 Å². The lowest BCUT2D eigenvalue weighted by Crippen LogP contribution is -2.44. The van der Waals surface area contributed by atoms with E-state index in [2.05, 4.69) is 6.92 Å². The summed E-state index contributed by atoms with van der Waals surface area (Å²) in [7, 11) is 0. The number of hydrogen-bond donors (Lipinski definition) is 1. The average molecular weight is 169 g/mol. The summed E-state index contributed by atoms with van der Waals surface area (Å²) in [6.07, 6.45) is 5.28. The Balaban J connectivity index is 1.92. The van der Waals surface area contributed by atoms with Gasteiger partial charge in [-0.25, -0.2) is 0 Å². The topological polar surface area (TPSA) is 35.2 Å². The Labute approximate surface area is 74.5 Å². The molecule has 1 aliphatic carbocycles. The van der Waals surface area contributed by atoms with Crippen LogP contribution in [-0.2, 0) is 4.74 Å². The largest absolute Gasteiger partial charge is 0.380 e. The normalized spacial score (nSPS) is 29.5. The van der Waals surface area contributed by atoms with Gasteiger partial charge in [-0.1, -0.05) is 6.92 Å². The first-order valence-corrected chi connectivity index (χ1v) is 5.02. The average Bonchev–Trinajstić information content (AvgIpc) is 2.78. The zero-order valence-corrected chi connectivity index (χ0v) is 7.94. The van der Waals surface area contributed by atoms with Gasteiger partial charge in [0.2, 0.25) is 0 Å². The first kappa shape index (κ1) is 8.52. The minimum absolute atomic E-state index is 0.510. The smallest absolute Gasteiger partial charge is 0.0544 e. The fourth-order valence-electron chi connectivity index (χ4n) is 2.25. The van der Waals surface area contributed by atoms with Crippen LogP contribution in [0.15, 0.2) is 0 Å². The van der Waals surface area contributed by atoms with Crippen molar-refractivity contribution in [3.63, 3.8) is 0 Å². The molecule has 2 N–H and O–H groups in total. The van der Waals surface area contributed by atoms with E-state index < -0.39 is 0 Å². The van der Waals surface area contributed by atoms with Crippen LogP contribution >= 0.6 is 0 Å². The van der Waals surface area contributed by atoms with E-state index in [1.165, 1.54) is 25.7 Å². The summed E-state index contributed by atoms with van der Waals surface area (Å²) in [6, 6.07) is 0. The predicted octanol–water partition coefficient (Wildman–Crippen LogP) is 1.54. The summed E-state index contributed by atoms with van der Waals surface area (Å²) in [5, 5.41) is 0. The van der Waals surface area contributed by atoms with Crippen LogP contribution in [-0.4, -0.2) is 19.8 Å². The molecule has 0 unspecified atom stereocenters. The van der Waals surface area contributed by atoms with Gasteiger partial charge in [0, 0.05) is 5.41 Å². The maximum atomic E-state index is 5.77. The summed E-state index contributed by atoms with van der Waals surface area (Å²) in [6.45, 7) is 5.11. The van der Waals surface area contributed by atoms with Crippen LogP contribution in [0.2, 0.25) is 0 Å². The number of rotatable bonds is 4. The molecule has 0 aromatic carbocycles. The fourth-order valence-corrected chi connectivity index (χ4v) is 2.25. The van der Waals surface area contributed by atoms with Crippen molar-refractivity contribution in [2.24, 2.45) is 16.6 Å². The van der Waals surface area contributed by atoms with Crippen molar-refractivity contribution in [2.75, 3.05) is 19.8 Å². The minimum atomic E-state index is 0.510. The predicted molar refractivity (Wildman–Crippen MR) is 48.9 cm³/mol. The highest BCUT2D eigenvalue weighted by atomic mass is 16.5. The quantitative estimate of drug-likeness (QED) is 0.693.